The Morgan fingerprint density at radius 1 is 1.00 bits per heavy atom. The van der Waals surface area contributed by atoms with Crippen LogP contribution in [-0.2, 0) is 21.3 Å². The summed E-state index contributed by atoms with van der Waals surface area (Å²) in [7, 11) is -0.217. The molecule has 0 bridgehead atoms. The fourth-order valence-electron chi connectivity index (χ4n) is 5.19. The SMILES string of the molecule is CCS(=O)(=O)Nc1ccccc1-c1ccc2cnc(Nc3ccc(CN4CCN(CC(O)COC)CC4)cc3OC)nn12. The molecule has 1 unspecified atom stereocenters. The molecule has 0 amide bonds. The molecule has 0 saturated carbocycles. The molecule has 0 aliphatic carbocycles. The van der Waals surface area contributed by atoms with Crippen molar-refractivity contribution in [1.82, 2.24) is 24.4 Å². The zero-order valence-electron chi connectivity index (χ0n) is 24.7. The van der Waals surface area contributed by atoms with Gasteiger partial charge in [0.25, 0.3) is 0 Å². The van der Waals surface area contributed by atoms with Crippen molar-refractivity contribution in [3.05, 3.63) is 66.4 Å². The summed E-state index contributed by atoms with van der Waals surface area (Å²) in [5.41, 5.74) is 4.55. The lowest BCUT2D eigenvalue weighted by Gasteiger charge is -2.35. The van der Waals surface area contributed by atoms with Crippen molar-refractivity contribution in [2.75, 3.05) is 69.3 Å². The highest BCUT2D eigenvalue weighted by Gasteiger charge is 2.20. The summed E-state index contributed by atoms with van der Waals surface area (Å²) >= 11 is 0. The third kappa shape index (κ3) is 7.61. The first-order valence-corrected chi connectivity index (χ1v) is 15.9. The largest absolute Gasteiger partial charge is 0.495 e. The standard InChI is InChI=1S/C30H39N7O5S/c1-4-43(39,40)34-26-8-6-5-7-25(26)28-12-10-23-18-31-30(33-37(23)28)32-27-11-9-22(17-29(27)42-3)19-35-13-15-36(16-14-35)20-24(38)21-41-2/h5-12,17-18,24,34,38H,4,13-16,19-21H2,1-3H3,(H,32,33). The third-order valence-corrected chi connectivity index (χ3v) is 8.75. The van der Waals surface area contributed by atoms with Crippen molar-refractivity contribution in [3.8, 4) is 17.0 Å². The Morgan fingerprint density at radius 2 is 1.77 bits per heavy atom. The van der Waals surface area contributed by atoms with Crippen LogP contribution in [0.15, 0.2) is 60.8 Å². The number of sulfonamides is 1. The summed E-state index contributed by atoms with van der Waals surface area (Å²) in [6, 6.07) is 17.1. The van der Waals surface area contributed by atoms with E-state index >= 15 is 0 Å². The number of nitrogens with zero attached hydrogens (tertiary/aromatic N) is 5. The lowest BCUT2D eigenvalue weighted by Crippen LogP contribution is -2.48. The molecule has 4 aromatic rings. The van der Waals surface area contributed by atoms with Crippen molar-refractivity contribution in [2.24, 2.45) is 0 Å². The molecule has 2 aromatic carbocycles. The molecular formula is C30H39N7O5S. The van der Waals surface area contributed by atoms with E-state index < -0.39 is 16.1 Å². The van der Waals surface area contributed by atoms with Crippen molar-refractivity contribution in [3.63, 3.8) is 0 Å². The molecule has 12 nitrogen and oxygen atoms in total. The number of nitrogens with one attached hydrogen (secondary N) is 2. The number of anilines is 3. The first kappa shape index (κ1) is 30.7. The highest BCUT2D eigenvalue weighted by atomic mass is 32.2. The van der Waals surface area contributed by atoms with Crippen molar-refractivity contribution >= 4 is 32.9 Å². The summed E-state index contributed by atoms with van der Waals surface area (Å²) in [5.74, 6) is 1.02. The Morgan fingerprint density at radius 3 is 2.51 bits per heavy atom. The summed E-state index contributed by atoms with van der Waals surface area (Å²) in [5, 5.41) is 18.0. The predicted octanol–water partition coefficient (Wildman–Crippen LogP) is 3.04. The maximum Gasteiger partial charge on any atom is 0.245 e. The Kier molecular flexibility index (Phi) is 9.78. The van der Waals surface area contributed by atoms with Crippen LogP contribution in [0.25, 0.3) is 16.8 Å². The Hall–Kier alpha value is -3.75. The van der Waals surface area contributed by atoms with Crippen molar-refractivity contribution < 1.29 is 23.0 Å². The third-order valence-electron chi connectivity index (χ3n) is 7.46. The fourth-order valence-corrected chi connectivity index (χ4v) is 5.84. The van der Waals surface area contributed by atoms with Crippen LogP contribution in [0.4, 0.5) is 17.3 Å². The van der Waals surface area contributed by atoms with E-state index in [1.165, 1.54) is 0 Å². The van der Waals surface area contributed by atoms with Gasteiger partial charge in [-0.2, -0.15) is 0 Å². The highest BCUT2D eigenvalue weighted by molar-refractivity contribution is 7.92. The number of β-amino-alcohol motifs (C(OH)–C–C–N with tert-alkyl or cyclic N) is 1. The lowest BCUT2D eigenvalue weighted by molar-refractivity contribution is 0.0230. The first-order chi connectivity index (χ1) is 20.8. The van der Waals surface area contributed by atoms with Gasteiger partial charge in [0.05, 0.1) is 54.4 Å². The lowest BCUT2D eigenvalue weighted by atomic mass is 10.1. The van der Waals surface area contributed by atoms with Gasteiger partial charge in [-0.1, -0.05) is 24.3 Å². The van der Waals surface area contributed by atoms with Gasteiger partial charge in [0.15, 0.2) is 0 Å². The maximum atomic E-state index is 12.3. The number of piperazine rings is 1. The van der Waals surface area contributed by atoms with Gasteiger partial charge in [-0.05, 0) is 42.8 Å². The number of methoxy groups -OCH3 is 2. The van der Waals surface area contributed by atoms with Crippen LogP contribution in [0.3, 0.4) is 0 Å². The minimum atomic E-state index is -3.45. The maximum absolute atomic E-state index is 12.3. The van der Waals surface area contributed by atoms with Crippen LogP contribution in [0.1, 0.15) is 12.5 Å². The first-order valence-electron chi connectivity index (χ1n) is 14.3. The number of aliphatic hydroxyl groups excluding tert-OH is 1. The molecule has 230 valence electrons. The molecule has 2 aromatic heterocycles. The molecule has 0 spiro atoms. The van der Waals surface area contributed by atoms with E-state index in [2.05, 4.69) is 30.9 Å². The molecule has 1 aliphatic heterocycles. The second-order valence-electron chi connectivity index (χ2n) is 10.5. The second-order valence-corrected chi connectivity index (χ2v) is 12.5. The number of ether oxygens (including phenoxy) is 2. The molecule has 43 heavy (non-hydrogen) atoms. The van der Waals surface area contributed by atoms with E-state index in [9.17, 15) is 13.5 Å². The molecule has 0 radical (unpaired) electrons. The predicted molar refractivity (Wildman–Crippen MR) is 167 cm³/mol. The molecule has 13 heteroatoms. The molecular weight excluding hydrogens is 570 g/mol. The Balaban J connectivity index is 1.30. The van der Waals surface area contributed by atoms with E-state index in [4.69, 9.17) is 14.6 Å². The number of fused-ring (bicyclic) bond motifs is 1. The van der Waals surface area contributed by atoms with Gasteiger partial charge in [-0.3, -0.25) is 14.5 Å². The van der Waals surface area contributed by atoms with Crippen LogP contribution >= 0.6 is 0 Å². The van der Waals surface area contributed by atoms with E-state index in [0.717, 1.165) is 55.2 Å². The molecule has 3 N–H and O–H groups in total. The van der Waals surface area contributed by atoms with Crippen molar-refractivity contribution in [1.29, 1.82) is 0 Å². The zero-order valence-corrected chi connectivity index (χ0v) is 25.5. The minimum Gasteiger partial charge on any atom is -0.495 e. The van der Waals surface area contributed by atoms with Crippen LogP contribution in [0.2, 0.25) is 0 Å². The quantitative estimate of drug-likeness (QED) is 0.208. The van der Waals surface area contributed by atoms with Gasteiger partial charge >= 0.3 is 0 Å². The highest BCUT2D eigenvalue weighted by Crippen LogP contribution is 2.31. The number of benzene rings is 2. The van der Waals surface area contributed by atoms with E-state index in [1.54, 1.807) is 44.0 Å². The van der Waals surface area contributed by atoms with Crippen molar-refractivity contribution in [2.45, 2.75) is 19.6 Å². The molecule has 1 fully saturated rings. The van der Waals surface area contributed by atoms with Gasteiger partial charge in [-0.25, -0.2) is 17.9 Å². The van der Waals surface area contributed by atoms with Gasteiger partial charge < -0.3 is 19.9 Å². The summed E-state index contributed by atoms with van der Waals surface area (Å²) in [4.78, 5) is 9.15. The number of para-hydroxylation sites is 1. The van der Waals surface area contributed by atoms with Crippen LogP contribution in [-0.4, -0.2) is 103 Å². The Labute approximate surface area is 252 Å². The monoisotopic (exact) mass is 609 g/mol. The number of aromatic nitrogens is 3. The zero-order chi connectivity index (χ0) is 30.4. The minimum absolute atomic E-state index is 0.0238. The fraction of sp³-hybridized carbons (Fsp3) is 0.400. The van der Waals surface area contributed by atoms with Crippen LogP contribution in [0.5, 0.6) is 5.75 Å². The molecule has 1 aliphatic rings. The van der Waals surface area contributed by atoms with E-state index in [1.807, 2.05) is 36.4 Å². The van der Waals surface area contributed by atoms with Gasteiger partial charge in [0.1, 0.15) is 5.75 Å². The number of hydrogen-bond donors (Lipinski definition) is 3. The smallest absolute Gasteiger partial charge is 0.245 e. The number of rotatable bonds is 13. The molecule has 3 heterocycles. The average molecular weight is 610 g/mol. The molecule has 5 rings (SSSR count). The van der Waals surface area contributed by atoms with Crippen LogP contribution in [0, 0.1) is 0 Å². The van der Waals surface area contributed by atoms with E-state index in [-0.39, 0.29) is 5.75 Å². The topological polar surface area (TPSA) is 134 Å². The number of aliphatic hydroxyl groups is 1. The summed E-state index contributed by atoms with van der Waals surface area (Å²) in [6.45, 7) is 6.99. The second kappa shape index (κ2) is 13.7. The van der Waals surface area contributed by atoms with Gasteiger partial charge in [0.2, 0.25) is 16.0 Å². The number of hydrogen-bond acceptors (Lipinski definition) is 10. The molecule has 1 saturated heterocycles. The normalized spacial score (nSPS) is 15.4. The Bertz CT molecular complexity index is 1640. The average Bonchev–Trinajstić information content (AvgIpc) is 3.42. The van der Waals surface area contributed by atoms with Gasteiger partial charge in [0, 0.05) is 51.9 Å². The molecule has 1 atom stereocenters. The summed E-state index contributed by atoms with van der Waals surface area (Å²) in [6.07, 6.45) is 1.25. The van der Waals surface area contributed by atoms with Gasteiger partial charge in [-0.15, -0.1) is 5.10 Å². The summed E-state index contributed by atoms with van der Waals surface area (Å²) < 4.78 is 39.8. The van der Waals surface area contributed by atoms with E-state index in [0.29, 0.717) is 36.1 Å². The van der Waals surface area contributed by atoms with Crippen LogP contribution < -0.4 is 14.8 Å².